The normalized spacial score (nSPS) is 19.9. The van der Waals surface area contributed by atoms with Crippen LogP contribution in [-0.2, 0) is 11.2 Å². The molecule has 2 aliphatic heterocycles. The first-order chi connectivity index (χ1) is 9.70. The first kappa shape index (κ1) is 13.3. The van der Waals surface area contributed by atoms with E-state index in [-0.39, 0.29) is 11.9 Å². The molecule has 0 spiro atoms. The zero-order chi connectivity index (χ0) is 14.1. The molecule has 0 fully saturated rings. The van der Waals surface area contributed by atoms with Crippen LogP contribution in [0.25, 0.3) is 0 Å². The molecule has 0 radical (unpaired) electrons. The quantitative estimate of drug-likeness (QED) is 0.851. The second-order valence-corrected chi connectivity index (χ2v) is 5.52. The highest BCUT2D eigenvalue weighted by atomic mass is 16.7. The predicted molar refractivity (Wildman–Crippen MR) is 75.9 cm³/mol. The Kier molecular flexibility index (Phi) is 3.55. The van der Waals surface area contributed by atoms with Crippen LogP contribution in [0.15, 0.2) is 12.1 Å². The van der Waals surface area contributed by atoms with Crippen LogP contribution in [0.2, 0.25) is 0 Å². The van der Waals surface area contributed by atoms with E-state index in [0.29, 0.717) is 13.2 Å². The Bertz CT molecular complexity index is 527. The number of carbonyl (C=O) groups is 1. The number of hydrogen-bond acceptors (Lipinski definition) is 3. The van der Waals surface area contributed by atoms with Gasteiger partial charge in [-0.1, -0.05) is 13.3 Å². The van der Waals surface area contributed by atoms with Gasteiger partial charge in [-0.15, -0.1) is 0 Å². The summed E-state index contributed by atoms with van der Waals surface area (Å²) in [5.41, 5.74) is 2.48. The standard InChI is InChI=1S/C16H21NO3/c1-3-4-5-16(18)17-7-6-12-8-14-15(20-10-19-14)9-13(12)11(17)2/h8-9,11H,3-7,10H2,1-2H3. The lowest BCUT2D eigenvalue weighted by atomic mass is 9.92. The second kappa shape index (κ2) is 5.35. The zero-order valence-electron chi connectivity index (χ0n) is 12.1. The minimum atomic E-state index is 0.123. The molecule has 4 heteroatoms. The fraction of sp³-hybridized carbons (Fsp3) is 0.562. The van der Waals surface area contributed by atoms with Gasteiger partial charge in [0.25, 0.3) is 0 Å². The summed E-state index contributed by atoms with van der Waals surface area (Å²) < 4.78 is 10.9. The van der Waals surface area contributed by atoms with Crippen LogP contribution in [-0.4, -0.2) is 24.1 Å². The summed E-state index contributed by atoms with van der Waals surface area (Å²) in [7, 11) is 0. The third-order valence-electron chi connectivity index (χ3n) is 4.24. The van der Waals surface area contributed by atoms with E-state index in [1.54, 1.807) is 0 Å². The van der Waals surface area contributed by atoms with Crippen molar-refractivity contribution in [1.82, 2.24) is 4.90 Å². The SMILES string of the molecule is CCCCC(=O)N1CCc2cc3c(cc2C1C)OCO3. The molecule has 2 aliphatic rings. The van der Waals surface area contributed by atoms with Gasteiger partial charge in [-0.3, -0.25) is 4.79 Å². The number of unbranched alkanes of at least 4 members (excludes halogenated alkanes) is 1. The van der Waals surface area contributed by atoms with E-state index in [1.165, 1.54) is 11.1 Å². The van der Waals surface area contributed by atoms with Crippen LogP contribution < -0.4 is 9.47 Å². The van der Waals surface area contributed by atoms with Crippen LogP contribution in [0, 0.1) is 0 Å². The number of hydrogen-bond donors (Lipinski definition) is 0. The molecular weight excluding hydrogens is 254 g/mol. The van der Waals surface area contributed by atoms with Gasteiger partial charge < -0.3 is 14.4 Å². The van der Waals surface area contributed by atoms with E-state index in [2.05, 4.69) is 19.9 Å². The summed E-state index contributed by atoms with van der Waals surface area (Å²) in [4.78, 5) is 14.3. The van der Waals surface area contributed by atoms with Crippen molar-refractivity contribution in [1.29, 1.82) is 0 Å². The molecule has 1 atom stereocenters. The Morgan fingerprint density at radius 1 is 1.35 bits per heavy atom. The number of carbonyl (C=O) groups excluding carboxylic acids is 1. The minimum Gasteiger partial charge on any atom is -0.454 e. The van der Waals surface area contributed by atoms with E-state index < -0.39 is 0 Å². The topological polar surface area (TPSA) is 38.8 Å². The van der Waals surface area contributed by atoms with Crippen molar-refractivity contribution in [2.24, 2.45) is 0 Å². The fourth-order valence-electron chi connectivity index (χ4n) is 3.02. The van der Waals surface area contributed by atoms with Gasteiger partial charge in [0.1, 0.15) is 0 Å². The smallest absolute Gasteiger partial charge is 0.231 e. The summed E-state index contributed by atoms with van der Waals surface area (Å²) in [5, 5.41) is 0. The number of ether oxygens (including phenoxy) is 2. The predicted octanol–water partition coefficient (Wildman–Crippen LogP) is 3.05. The fourth-order valence-corrected chi connectivity index (χ4v) is 3.02. The van der Waals surface area contributed by atoms with Gasteiger partial charge in [0.05, 0.1) is 6.04 Å². The molecular formula is C16H21NO3. The first-order valence-corrected chi connectivity index (χ1v) is 7.42. The van der Waals surface area contributed by atoms with Crippen molar-refractivity contribution in [3.63, 3.8) is 0 Å². The first-order valence-electron chi connectivity index (χ1n) is 7.42. The Hall–Kier alpha value is -1.71. The van der Waals surface area contributed by atoms with E-state index in [9.17, 15) is 4.79 Å². The van der Waals surface area contributed by atoms with Gasteiger partial charge in [0, 0.05) is 13.0 Å². The van der Waals surface area contributed by atoms with Crippen molar-refractivity contribution < 1.29 is 14.3 Å². The van der Waals surface area contributed by atoms with Gasteiger partial charge in [-0.05, 0) is 43.0 Å². The molecule has 0 N–H and O–H groups in total. The van der Waals surface area contributed by atoms with E-state index in [1.807, 2.05) is 11.0 Å². The number of amides is 1. The highest BCUT2D eigenvalue weighted by Gasteiger charge is 2.29. The highest BCUT2D eigenvalue weighted by molar-refractivity contribution is 5.77. The lowest BCUT2D eigenvalue weighted by molar-refractivity contribution is -0.133. The van der Waals surface area contributed by atoms with Crippen molar-refractivity contribution in [3.05, 3.63) is 23.3 Å². The number of benzene rings is 1. The Labute approximate surface area is 119 Å². The monoisotopic (exact) mass is 275 g/mol. The molecule has 20 heavy (non-hydrogen) atoms. The largest absolute Gasteiger partial charge is 0.454 e. The number of nitrogens with zero attached hydrogens (tertiary/aromatic N) is 1. The summed E-state index contributed by atoms with van der Waals surface area (Å²) in [6.45, 7) is 5.31. The molecule has 1 amide bonds. The molecule has 4 nitrogen and oxygen atoms in total. The maximum absolute atomic E-state index is 12.3. The minimum absolute atomic E-state index is 0.123. The van der Waals surface area contributed by atoms with Gasteiger partial charge in [-0.2, -0.15) is 0 Å². The Morgan fingerprint density at radius 3 is 2.85 bits per heavy atom. The average molecular weight is 275 g/mol. The van der Waals surface area contributed by atoms with Crippen molar-refractivity contribution >= 4 is 5.91 Å². The van der Waals surface area contributed by atoms with Crippen molar-refractivity contribution in [3.8, 4) is 11.5 Å². The third-order valence-corrected chi connectivity index (χ3v) is 4.24. The molecule has 3 rings (SSSR count). The van der Waals surface area contributed by atoms with Gasteiger partial charge in [0.15, 0.2) is 11.5 Å². The molecule has 0 bridgehead atoms. The van der Waals surface area contributed by atoms with E-state index in [4.69, 9.17) is 9.47 Å². The highest BCUT2D eigenvalue weighted by Crippen LogP contribution is 2.40. The van der Waals surface area contributed by atoms with Crippen LogP contribution in [0.5, 0.6) is 11.5 Å². The lowest BCUT2D eigenvalue weighted by Crippen LogP contribution is -2.38. The molecule has 1 aromatic rings. The van der Waals surface area contributed by atoms with Crippen molar-refractivity contribution in [2.45, 2.75) is 45.6 Å². The van der Waals surface area contributed by atoms with Crippen LogP contribution in [0.4, 0.5) is 0 Å². The molecule has 2 heterocycles. The lowest BCUT2D eigenvalue weighted by Gasteiger charge is -2.35. The van der Waals surface area contributed by atoms with E-state index >= 15 is 0 Å². The Morgan fingerprint density at radius 2 is 2.10 bits per heavy atom. The molecule has 1 unspecified atom stereocenters. The third kappa shape index (κ3) is 2.23. The van der Waals surface area contributed by atoms with Crippen LogP contribution in [0.3, 0.4) is 0 Å². The number of fused-ring (bicyclic) bond motifs is 2. The molecule has 108 valence electrons. The average Bonchev–Trinajstić information content (AvgIpc) is 2.90. The summed E-state index contributed by atoms with van der Waals surface area (Å²) >= 11 is 0. The zero-order valence-corrected chi connectivity index (χ0v) is 12.1. The number of rotatable bonds is 3. The molecule has 1 aromatic carbocycles. The summed E-state index contributed by atoms with van der Waals surface area (Å²) in [6, 6.07) is 4.24. The maximum atomic E-state index is 12.3. The van der Waals surface area contributed by atoms with E-state index in [0.717, 1.165) is 37.3 Å². The van der Waals surface area contributed by atoms with Crippen LogP contribution >= 0.6 is 0 Å². The van der Waals surface area contributed by atoms with Gasteiger partial charge in [0.2, 0.25) is 12.7 Å². The molecule has 0 aromatic heterocycles. The van der Waals surface area contributed by atoms with Gasteiger partial charge >= 0.3 is 0 Å². The molecule has 0 saturated carbocycles. The second-order valence-electron chi connectivity index (χ2n) is 5.52. The molecule has 0 saturated heterocycles. The summed E-state index contributed by atoms with van der Waals surface area (Å²) in [5.74, 6) is 1.91. The summed E-state index contributed by atoms with van der Waals surface area (Å²) in [6.07, 6.45) is 3.58. The van der Waals surface area contributed by atoms with Crippen LogP contribution in [0.1, 0.15) is 50.3 Å². The maximum Gasteiger partial charge on any atom is 0.231 e. The Balaban J connectivity index is 1.83. The van der Waals surface area contributed by atoms with Gasteiger partial charge in [-0.25, -0.2) is 0 Å². The van der Waals surface area contributed by atoms with Crippen molar-refractivity contribution in [2.75, 3.05) is 13.3 Å². The molecule has 0 aliphatic carbocycles.